The molecular formula is C29H32N6O4. The number of fused-ring (bicyclic) bond motifs is 1. The van der Waals surface area contributed by atoms with E-state index in [9.17, 15) is 14.7 Å². The highest BCUT2D eigenvalue weighted by Gasteiger charge is 2.22. The highest BCUT2D eigenvalue weighted by Crippen LogP contribution is 2.19. The van der Waals surface area contributed by atoms with E-state index in [4.69, 9.17) is 4.42 Å². The molecule has 0 bridgehead atoms. The van der Waals surface area contributed by atoms with Gasteiger partial charge in [0.05, 0.1) is 25.5 Å². The van der Waals surface area contributed by atoms with Gasteiger partial charge in [0.15, 0.2) is 11.2 Å². The molecule has 0 fully saturated rings. The Morgan fingerprint density at radius 1 is 0.923 bits per heavy atom. The molecule has 10 nitrogen and oxygen atoms in total. The van der Waals surface area contributed by atoms with Crippen LogP contribution < -0.4 is 16.6 Å². The van der Waals surface area contributed by atoms with Gasteiger partial charge in [-0.25, -0.2) is 4.79 Å². The Hall–Kier alpha value is -4.41. The van der Waals surface area contributed by atoms with Crippen LogP contribution in [-0.2, 0) is 40.3 Å². The highest BCUT2D eigenvalue weighted by molar-refractivity contribution is 5.74. The Balaban J connectivity index is 1.45. The molecule has 0 aliphatic carbocycles. The van der Waals surface area contributed by atoms with Crippen LogP contribution in [0.15, 0.2) is 93.1 Å². The summed E-state index contributed by atoms with van der Waals surface area (Å²) in [5.41, 5.74) is 1.84. The first-order valence-electron chi connectivity index (χ1n) is 12.8. The van der Waals surface area contributed by atoms with Crippen molar-refractivity contribution in [1.82, 2.24) is 23.6 Å². The predicted molar refractivity (Wildman–Crippen MR) is 149 cm³/mol. The van der Waals surface area contributed by atoms with Crippen LogP contribution in [0.5, 0.6) is 0 Å². The Kier molecular flexibility index (Phi) is 7.76. The van der Waals surface area contributed by atoms with E-state index in [0.29, 0.717) is 37.9 Å². The Labute approximate surface area is 225 Å². The van der Waals surface area contributed by atoms with Gasteiger partial charge < -0.3 is 19.4 Å². The van der Waals surface area contributed by atoms with Crippen molar-refractivity contribution in [3.05, 3.63) is 117 Å². The lowest BCUT2D eigenvalue weighted by Crippen LogP contribution is -2.38. The molecule has 2 aromatic carbocycles. The molecule has 0 saturated heterocycles. The molecule has 1 unspecified atom stereocenters. The van der Waals surface area contributed by atoms with Crippen LogP contribution >= 0.6 is 0 Å². The van der Waals surface area contributed by atoms with Crippen molar-refractivity contribution < 1.29 is 9.52 Å². The summed E-state index contributed by atoms with van der Waals surface area (Å²) >= 11 is 0. The van der Waals surface area contributed by atoms with Crippen molar-refractivity contribution in [2.24, 2.45) is 14.1 Å². The lowest BCUT2D eigenvalue weighted by molar-refractivity contribution is 0.0919. The quantitative estimate of drug-likeness (QED) is 0.271. The molecule has 1 atom stereocenters. The normalized spacial score (nSPS) is 12.3. The van der Waals surface area contributed by atoms with Crippen molar-refractivity contribution in [2.75, 3.05) is 11.9 Å². The third-order valence-electron chi connectivity index (χ3n) is 6.71. The molecule has 0 amide bonds. The molecule has 5 rings (SSSR count). The molecule has 3 aromatic heterocycles. The fourth-order valence-electron chi connectivity index (χ4n) is 4.77. The van der Waals surface area contributed by atoms with Gasteiger partial charge in [-0.05, 0) is 23.3 Å². The molecule has 0 spiro atoms. The van der Waals surface area contributed by atoms with Gasteiger partial charge in [0.2, 0.25) is 5.95 Å². The fraction of sp³-hybridized carbons (Fsp3) is 0.276. The molecule has 2 N–H and O–H groups in total. The number of rotatable bonds is 11. The minimum Gasteiger partial charge on any atom is -0.467 e. The van der Waals surface area contributed by atoms with Crippen molar-refractivity contribution >= 4 is 17.1 Å². The van der Waals surface area contributed by atoms with E-state index >= 15 is 0 Å². The van der Waals surface area contributed by atoms with E-state index < -0.39 is 17.4 Å². The largest absolute Gasteiger partial charge is 0.467 e. The zero-order valence-corrected chi connectivity index (χ0v) is 22.0. The predicted octanol–water partition coefficient (Wildman–Crippen LogP) is 2.70. The third kappa shape index (κ3) is 5.87. The first-order valence-corrected chi connectivity index (χ1v) is 12.8. The van der Waals surface area contributed by atoms with Crippen LogP contribution in [0.2, 0.25) is 0 Å². The van der Waals surface area contributed by atoms with E-state index in [2.05, 4.69) is 39.5 Å². The van der Waals surface area contributed by atoms with E-state index in [1.165, 1.54) is 11.6 Å². The first kappa shape index (κ1) is 26.2. The van der Waals surface area contributed by atoms with Crippen molar-refractivity contribution in [3.8, 4) is 0 Å². The summed E-state index contributed by atoms with van der Waals surface area (Å²) < 4.78 is 9.48. The second-order valence-electron chi connectivity index (χ2n) is 9.65. The zero-order chi connectivity index (χ0) is 27.4. The molecule has 202 valence electrons. The number of aryl methyl sites for hydroxylation is 1. The standard InChI is InChI=1S/C29H32N6O4/c1-32-26-25(27(37)33(2)29(32)38)35(28(31-26)30-16-24-14-9-15-39-24)20-23(36)19-34(17-21-10-5-3-6-11-21)18-22-12-7-4-8-13-22/h3-15,23,36H,16-20H2,1-2H3,(H,30,31). The summed E-state index contributed by atoms with van der Waals surface area (Å²) in [6, 6.07) is 23.8. The minimum absolute atomic E-state index is 0.102. The summed E-state index contributed by atoms with van der Waals surface area (Å²) in [4.78, 5) is 32.5. The minimum atomic E-state index is -0.832. The van der Waals surface area contributed by atoms with Crippen LogP contribution in [0.4, 0.5) is 5.95 Å². The number of benzene rings is 2. The molecule has 0 aliphatic heterocycles. The maximum absolute atomic E-state index is 13.2. The average molecular weight is 529 g/mol. The van der Waals surface area contributed by atoms with Crippen molar-refractivity contribution in [1.29, 1.82) is 0 Å². The van der Waals surface area contributed by atoms with E-state index in [-0.39, 0.29) is 17.7 Å². The van der Waals surface area contributed by atoms with E-state index in [1.54, 1.807) is 23.9 Å². The topological polar surface area (TPSA) is 110 Å². The molecule has 0 saturated carbocycles. The number of hydrogen-bond acceptors (Lipinski definition) is 7. The number of anilines is 1. The van der Waals surface area contributed by atoms with Gasteiger partial charge in [0, 0.05) is 33.7 Å². The molecule has 0 aliphatic rings. The number of hydrogen-bond donors (Lipinski definition) is 2. The number of nitrogens with zero attached hydrogens (tertiary/aromatic N) is 5. The third-order valence-corrected chi connectivity index (χ3v) is 6.71. The molecule has 5 aromatic rings. The number of imidazole rings is 1. The summed E-state index contributed by atoms with van der Waals surface area (Å²) in [5, 5.41) is 14.6. The number of aromatic nitrogens is 4. The highest BCUT2D eigenvalue weighted by atomic mass is 16.3. The summed E-state index contributed by atoms with van der Waals surface area (Å²) in [6.45, 7) is 2.08. The number of aliphatic hydroxyl groups excluding tert-OH is 1. The number of nitrogens with one attached hydrogen (secondary N) is 1. The SMILES string of the molecule is Cn1c(=O)c2c(nc(NCc3ccco3)n2CC(O)CN(Cc2ccccc2)Cc2ccccc2)n(C)c1=O. The van der Waals surface area contributed by atoms with Crippen LogP contribution in [0.3, 0.4) is 0 Å². The number of furan rings is 1. The Bertz CT molecular complexity index is 1600. The smallest absolute Gasteiger partial charge is 0.332 e. The van der Waals surface area contributed by atoms with Crippen LogP contribution in [0.1, 0.15) is 16.9 Å². The van der Waals surface area contributed by atoms with Crippen LogP contribution in [0, 0.1) is 0 Å². The Morgan fingerprint density at radius 2 is 1.56 bits per heavy atom. The van der Waals surface area contributed by atoms with Gasteiger partial charge in [-0.1, -0.05) is 60.7 Å². The Morgan fingerprint density at radius 3 is 2.15 bits per heavy atom. The van der Waals surface area contributed by atoms with Crippen LogP contribution in [0.25, 0.3) is 11.2 Å². The summed E-state index contributed by atoms with van der Waals surface area (Å²) in [5.74, 6) is 1.06. The van der Waals surface area contributed by atoms with Crippen molar-refractivity contribution in [3.63, 3.8) is 0 Å². The molecule has 3 heterocycles. The van der Waals surface area contributed by atoms with E-state index in [0.717, 1.165) is 15.7 Å². The average Bonchev–Trinajstić information content (AvgIpc) is 3.59. The molecule has 39 heavy (non-hydrogen) atoms. The summed E-state index contributed by atoms with van der Waals surface area (Å²) in [6.07, 6.45) is 0.748. The van der Waals surface area contributed by atoms with E-state index in [1.807, 2.05) is 42.5 Å². The van der Waals surface area contributed by atoms with Gasteiger partial charge in [0.25, 0.3) is 5.56 Å². The van der Waals surface area contributed by atoms with Gasteiger partial charge in [-0.15, -0.1) is 0 Å². The lowest BCUT2D eigenvalue weighted by Gasteiger charge is -2.26. The lowest BCUT2D eigenvalue weighted by atomic mass is 10.1. The van der Waals surface area contributed by atoms with Gasteiger partial charge in [-0.3, -0.25) is 18.8 Å². The monoisotopic (exact) mass is 528 g/mol. The fourth-order valence-corrected chi connectivity index (χ4v) is 4.77. The van der Waals surface area contributed by atoms with Gasteiger partial charge >= 0.3 is 5.69 Å². The maximum atomic E-state index is 13.2. The maximum Gasteiger partial charge on any atom is 0.332 e. The van der Waals surface area contributed by atoms with Crippen LogP contribution in [-0.4, -0.2) is 41.3 Å². The number of aliphatic hydroxyl groups is 1. The van der Waals surface area contributed by atoms with Gasteiger partial charge in [0.1, 0.15) is 5.76 Å². The van der Waals surface area contributed by atoms with Gasteiger partial charge in [-0.2, -0.15) is 4.98 Å². The second-order valence-corrected chi connectivity index (χ2v) is 9.65. The second kappa shape index (κ2) is 11.5. The molecular weight excluding hydrogens is 496 g/mol. The molecule has 10 heteroatoms. The first-order chi connectivity index (χ1) is 18.9. The van der Waals surface area contributed by atoms with Crippen molar-refractivity contribution in [2.45, 2.75) is 32.3 Å². The molecule has 0 radical (unpaired) electrons. The zero-order valence-electron chi connectivity index (χ0n) is 22.0. The summed E-state index contributed by atoms with van der Waals surface area (Å²) in [7, 11) is 3.02.